The van der Waals surface area contributed by atoms with Crippen molar-refractivity contribution < 1.29 is 0 Å². The van der Waals surface area contributed by atoms with Gasteiger partial charge in [0.1, 0.15) is 4.60 Å². The van der Waals surface area contributed by atoms with Gasteiger partial charge in [-0.05, 0) is 50.4 Å². The maximum Gasteiger partial charge on any atom is 0.288 e. The molecule has 0 spiro atoms. The number of rotatable bonds is 1. The Hall–Kier alpha value is -0.940. The predicted octanol–water partition coefficient (Wildman–Crippen LogP) is 3.07. The van der Waals surface area contributed by atoms with E-state index in [2.05, 4.69) is 36.8 Å². The van der Waals surface area contributed by atoms with Crippen LogP contribution < -0.4 is 5.56 Å². The topological polar surface area (TPSA) is 34.9 Å². The highest BCUT2D eigenvalue weighted by atomic mass is 79.9. The average molecular weight is 344 g/mol. The Balaban J connectivity index is 2.75. The zero-order chi connectivity index (χ0) is 11.7. The van der Waals surface area contributed by atoms with Gasteiger partial charge in [0.2, 0.25) is 0 Å². The third-order valence-electron chi connectivity index (χ3n) is 2.21. The largest absolute Gasteiger partial charge is 0.288 e. The van der Waals surface area contributed by atoms with Crippen LogP contribution in [0.3, 0.4) is 0 Å². The molecule has 0 amide bonds. The molecule has 0 bridgehead atoms. The lowest BCUT2D eigenvalue weighted by Crippen LogP contribution is -2.20. The molecule has 0 saturated heterocycles. The molecule has 0 aliphatic rings. The summed E-state index contributed by atoms with van der Waals surface area (Å²) in [7, 11) is 0. The van der Waals surface area contributed by atoms with Crippen molar-refractivity contribution in [3.8, 4) is 5.69 Å². The van der Waals surface area contributed by atoms with Crippen LogP contribution in [0.1, 0.15) is 5.56 Å². The maximum absolute atomic E-state index is 11.9. The molecular weight excluding hydrogens is 336 g/mol. The minimum Gasteiger partial charge on any atom is -0.279 e. The highest BCUT2D eigenvalue weighted by Gasteiger charge is 2.07. The minimum absolute atomic E-state index is 0.169. The standard InChI is InChI=1S/C11H8Br2N2O/c1-7-4-2-3-5-8(7)15-6-9(12)14-10(13)11(15)16/h2-6H,1H3. The van der Waals surface area contributed by atoms with Crippen LogP contribution >= 0.6 is 31.9 Å². The van der Waals surface area contributed by atoms with Gasteiger partial charge in [0.25, 0.3) is 5.56 Å². The smallest absolute Gasteiger partial charge is 0.279 e. The predicted molar refractivity (Wildman–Crippen MR) is 70.0 cm³/mol. The molecule has 3 nitrogen and oxygen atoms in total. The first-order valence-electron chi connectivity index (χ1n) is 4.60. The van der Waals surface area contributed by atoms with Crippen molar-refractivity contribution in [2.24, 2.45) is 0 Å². The van der Waals surface area contributed by atoms with Crippen LogP contribution in [0.2, 0.25) is 0 Å². The van der Waals surface area contributed by atoms with Gasteiger partial charge in [0.15, 0.2) is 4.60 Å². The molecule has 0 aliphatic heterocycles. The van der Waals surface area contributed by atoms with Crippen molar-refractivity contribution in [2.45, 2.75) is 6.92 Å². The molecule has 1 heterocycles. The first kappa shape index (κ1) is 11.5. The van der Waals surface area contributed by atoms with Crippen LogP contribution in [-0.4, -0.2) is 9.55 Å². The van der Waals surface area contributed by atoms with Gasteiger partial charge < -0.3 is 0 Å². The molecule has 0 saturated carbocycles. The summed E-state index contributed by atoms with van der Waals surface area (Å²) in [4.78, 5) is 15.9. The summed E-state index contributed by atoms with van der Waals surface area (Å²) in [6.07, 6.45) is 1.66. The molecule has 82 valence electrons. The Bertz CT molecular complexity index is 593. The van der Waals surface area contributed by atoms with Gasteiger partial charge in [-0.15, -0.1) is 0 Å². The Morgan fingerprint density at radius 2 is 1.94 bits per heavy atom. The van der Waals surface area contributed by atoms with Crippen molar-refractivity contribution in [1.82, 2.24) is 9.55 Å². The molecule has 0 aliphatic carbocycles. The second-order valence-electron chi connectivity index (χ2n) is 3.32. The van der Waals surface area contributed by atoms with Gasteiger partial charge in [-0.3, -0.25) is 9.36 Å². The van der Waals surface area contributed by atoms with E-state index < -0.39 is 0 Å². The molecule has 0 fully saturated rings. The number of nitrogens with zero attached hydrogens (tertiary/aromatic N) is 2. The third-order valence-corrected chi connectivity index (χ3v) is 3.11. The lowest BCUT2D eigenvalue weighted by Gasteiger charge is -2.09. The van der Waals surface area contributed by atoms with Crippen molar-refractivity contribution >= 4 is 31.9 Å². The van der Waals surface area contributed by atoms with Crippen LogP contribution in [0.4, 0.5) is 0 Å². The number of para-hydroxylation sites is 1. The molecule has 0 unspecified atom stereocenters. The molecule has 1 aromatic carbocycles. The second kappa shape index (κ2) is 4.51. The van der Waals surface area contributed by atoms with Crippen molar-refractivity contribution in [2.75, 3.05) is 0 Å². The molecule has 0 atom stereocenters. The van der Waals surface area contributed by atoms with E-state index in [-0.39, 0.29) is 5.56 Å². The molecule has 2 rings (SSSR count). The zero-order valence-corrected chi connectivity index (χ0v) is 11.6. The summed E-state index contributed by atoms with van der Waals surface area (Å²) >= 11 is 6.41. The summed E-state index contributed by atoms with van der Waals surface area (Å²) in [5.74, 6) is 0. The Labute approximate surface area is 109 Å². The summed E-state index contributed by atoms with van der Waals surface area (Å²) in [6, 6.07) is 7.70. The zero-order valence-electron chi connectivity index (χ0n) is 8.45. The lowest BCUT2D eigenvalue weighted by atomic mass is 10.2. The Morgan fingerprint density at radius 3 is 2.62 bits per heavy atom. The third kappa shape index (κ3) is 2.10. The van der Waals surface area contributed by atoms with Gasteiger partial charge >= 0.3 is 0 Å². The number of benzene rings is 1. The van der Waals surface area contributed by atoms with Crippen LogP contribution in [0.5, 0.6) is 0 Å². The number of hydrogen-bond acceptors (Lipinski definition) is 2. The van der Waals surface area contributed by atoms with E-state index in [0.29, 0.717) is 9.21 Å². The van der Waals surface area contributed by atoms with Crippen molar-refractivity contribution in [3.63, 3.8) is 0 Å². The molecule has 2 aromatic rings. The van der Waals surface area contributed by atoms with E-state index in [1.807, 2.05) is 31.2 Å². The van der Waals surface area contributed by atoms with Crippen LogP contribution in [0, 0.1) is 6.92 Å². The monoisotopic (exact) mass is 342 g/mol. The fourth-order valence-electron chi connectivity index (χ4n) is 1.45. The first-order chi connectivity index (χ1) is 7.59. The van der Waals surface area contributed by atoms with E-state index in [1.165, 1.54) is 0 Å². The van der Waals surface area contributed by atoms with Gasteiger partial charge in [0.05, 0.1) is 5.69 Å². The van der Waals surface area contributed by atoms with Gasteiger partial charge in [-0.25, -0.2) is 4.98 Å². The van der Waals surface area contributed by atoms with Gasteiger partial charge in [-0.1, -0.05) is 18.2 Å². The summed E-state index contributed by atoms with van der Waals surface area (Å²) in [5, 5.41) is 0. The molecule has 16 heavy (non-hydrogen) atoms. The molecule has 0 N–H and O–H groups in total. The lowest BCUT2D eigenvalue weighted by molar-refractivity contribution is 0.917. The fraction of sp³-hybridized carbons (Fsp3) is 0.0909. The van der Waals surface area contributed by atoms with E-state index >= 15 is 0 Å². The van der Waals surface area contributed by atoms with Crippen LogP contribution in [0.15, 0.2) is 44.5 Å². The molecule has 1 aromatic heterocycles. The molecule has 0 radical (unpaired) electrons. The fourth-order valence-corrected chi connectivity index (χ4v) is 2.45. The highest BCUT2D eigenvalue weighted by molar-refractivity contribution is 9.11. The molecular formula is C11H8Br2N2O. The number of hydrogen-bond donors (Lipinski definition) is 0. The van der Waals surface area contributed by atoms with E-state index in [9.17, 15) is 4.79 Å². The maximum atomic E-state index is 11.9. The van der Waals surface area contributed by atoms with E-state index in [4.69, 9.17) is 0 Å². The van der Waals surface area contributed by atoms with Gasteiger partial charge in [-0.2, -0.15) is 0 Å². The van der Waals surface area contributed by atoms with E-state index in [1.54, 1.807) is 10.8 Å². The number of aromatic nitrogens is 2. The normalized spacial score (nSPS) is 10.4. The minimum atomic E-state index is -0.169. The number of halogens is 2. The van der Waals surface area contributed by atoms with Crippen molar-refractivity contribution in [3.05, 3.63) is 55.6 Å². The summed E-state index contributed by atoms with van der Waals surface area (Å²) in [6.45, 7) is 1.96. The van der Waals surface area contributed by atoms with E-state index in [0.717, 1.165) is 11.3 Å². The highest BCUT2D eigenvalue weighted by Crippen LogP contribution is 2.15. The Kier molecular flexibility index (Phi) is 3.25. The summed E-state index contributed by atoms with van der Waals surface area (Å²) < 4.78 is 2.48. The first-order valence-corrected chi connectivity index (χ1v) is 6.19. The number of aryl methyl sites for hydroxylation is 1. The summed E-state index contributed by atoms with van der Waals surface area (Å²) in [5.41, 5.74) is 1.73. The molecule has 5 heteroatoms. The van der Waals surface area contributed by atoms with Crippen molar-refractivity contribution in [1.29, 1.82) is 0 Å². The average Bonchev–Trinajstić information content (AvgIpc) is 2.24. The van der Waals surface area contributed by atoms with Gasteiger partial charge in [0, 0.05) is 6.20 Å². The van der Waals surface area contributed by atoms with Crippen LogP contribution in [0.25, 0.3) is 5.69 Å². The quantitative estimate of drug-likeness (QED) is 0.797. The second-order valence-corrected chi connectivity index (χ2v) is 4.88. The van der Waals surface area contributed by atoms with Crippen LogP contribution in [-0.2, 0) is 0 Å². The SMILES string of the molecule is Cc1ccccc1-n1cc(Br)nc(Br)c1=O. The Morgan fingerprint density at radius 1 is 1.25 bits per heavy atom.